The van der Waals surface area contributed by atoms with Crippen molar-refractivity contribution in [3.05, 3.63) is 81.6 Å². The Morgan fingerprint density at radius 3 is 2.44 bits per heavy atom. The molecular weight excluding hydrogens is 513 g/mol. The fourth-order valence-corrected chi connectivity index (χ4v) is 5.35. The highest BCUT2D eigenvalue weighted by molar-refractivity contribution is 5.99. The molecular formula is C29H27F3N2O5. The molecule has 2 aliphatic rings. The molecule has 0 radical (unpaired) electrons. The van der Waals surface area contributed by atoms with Crippen LogP contribution in [0, 0.1) is 0 Å². The van der Waals surface area contributed by atoms with Gasteiger partial charge < -0.3 is 18.9 Å². The Labute approximate surface area is 222 Å². The van der Waals surface area contributed by atoms with Crippen LogP contribution in [0.1, 0.15) is 47.7 Å². The van der Waals surface area contributed by atoms with Crippen molar-refractivity contribution < 1.29 is 32.2 Å². The highest BCUT2D eigenvalue weighted by Gasteiger charge is 2.45. The van der Waals surface area contributed by atoms with Gasteiger partial charge in [-0.25, -0.2) is 4.79 Å². The highest BCUT2D eigenvalue weighted by atomic mass is 19.4. The van der Waals surface area contributed by atoms with Crippen LogP contribution in [0.5, 0.6) is 5.75 Å². The van der Waals surface area contributed by atoms with Crippen LogP contribution in [-0.2, 0) is 28.1 Å². The van der Waals surface area contributed by atoms with E-state index < -0.39 is 23.5 Å². The molecule has 7 nitrogen and oxygen atoms in total. The fourth-order valence-electron chi connectivity index (χ4n) is 5.35. The van der Waals surface area contributed by atoms with Crippen molar-refractivity contribution >= 4 is 17.6 Å². The molecule has 0 unspecified atom stereocenters. The summed E-state index contributed by atoms with van der Waals surface area (Å²) in [6, 6.07) is 13.6. The zero-order valence-electron chi connectivity index (χ0n) is 21.5. The Morgan fingerprint density at radius 2 is 1.82 bits per heavy atom. The number of pyridine rings is 1. The fraction of sp³-hybridized carbons (Fsp3) is 0.345. The lowest BCUT2D eigenvalue weighted by Crippen LogP contribution is -2.46. The van der Waals surface area contributed by atoms with Crippen molar-refractivity contribution in [3.8, 4) is 17.0 Å². The Balaban J connectivity index is 1.66. The third kappa shape index (κ3) is 4.79. The zero-order valence-corrected chi connectivity index (χ0v) is 21.5. The Kier molecular flexibility index (Phi) is 6.74. The minimum Gasteiger partial charge on any atom is -0.487 e. The van der Waals surface area contributed by atoms with E-state index in [0.29, 0.717) is 22.6 Å². The summed E-state index contributed by atoms with van der Waals surface area (Å²) in [7, 11) is 1.04. The van der Waals surface area contributed by atoms with E-state index in [9.17, 15) is 27.6 Å². The molecule has 0 saturated heterocycles. The lowest BCUT2D eigenvalue weighted by molar-refractivity contribution is -0.170. The molecule has 1 aliphatic heterocycles. The van der Waals surface area contributed by atoms with Crippen LogP contribution < -0.4 is 15.1 Å². The van der Waals surface area contributed by atoms with Gasteiger partial charge in [0.2, 0.25) is 0 Å². The number of benzene rings is 2. The van der Waals surface area contributed by atoms with Crippen molar-refractivity contribution in [1.29, 1.82) is 0 Å². The van der Waals surface area contributed by atoms with Gasteiger partial charge in [0.15, 0.2) is 5.43 Å². The van der Waals surface area contributed by atoms with Crippen LogP contribution in [0.15, 0.2) is 59.5 Å². The summed E-state index contributed by atoms with van der Waals surface area (Å²) in [5.74, 6) is -2.64. The summed E-state index contributed by atoms with van der Waals surface area (Å²) in [6.07, 6.45) is -0.506. The van der Waals surface area contributed by atoms with Gasteiger partial charge in [-0.15, -0.1) is 0 Å². The number of alkyl halides is 3. The lowest BCUT2D eigenvalue weighted by atomic mass is 9.69. The average Bonchev–Trinajstić information content (AvgIpc) is 2.89. The maximum atomic E-state index is 13.4. The first-order chi connectivity index (χ1) is 18.5. The number of hydrogen-bond acceptors (Lipinski definition) is 5. The van der Waals surface area contributed by atoms with E-state index in [1.165, 1.54) is 18.3 Å². The minimum atomic E-state index is -5.10. The lowest BCUT2D eigenvalue weighted by Gasteiger charge is -2.49. The average molecular weight is 541 g/mol. The molecule has 2 heterocycles. The minimum absolute atomic E-state index is 0.0787. The summed E-state index contributed by atoms with van der Waals surface area (Å²) in [5.41, 5.74) is 1.47. The molecule has 39 heavy (non-hydrogen) atoms. The number of nitrogens with zero attached hydrogens (tertiary/aromatic N) is 2. The van der Waals surface area contributed by atoms with E-state index in [-0.39, 0.29) is 35.8 Å². The first kappa shape index (κ1) is 26.5. The number of esters is 1. The maximum Gasteiger partial charge on any atom is 0.471 e. The van der Waals surface area contributed by atoms with Crippen molar-refractivity contribution in [3.63, 3.8) is 0 Å². The van der Waals surface area contributed by atoms with Crippen LogP contribution in [0.4, 0.5) is 18.9 Å². The van der Waals surface area contributed by atoms with Crippen molar-refractivity contribution in [2.75, 3.05) is 18.6 Å². The van der Waals surface area contributed by atoms with Crippen molar-refractivity contribution in [2.45, 2.75) is 50.9 Å². The van der Waals surface area contributed by atoms with Crippen LogP contribution in [0.25, 0.3) is 11.3 Å². The van der Waals surface area contributed by atoms with Gasteiger partial charge in [-0.1, -0.05) is 30.3 Å². The van der Waals surface area contributed by atoms with Crippen molar-refractivity contribution in [1.82, 2.24) is 4.57 Å². The van der Waals surface area contributed by atoms with E-state index in [1.807, 2.05) is 34.9 Å². The van der Waals surface area contributed by atoms with E-state index in [1.54, 1.807) is 13.0 Å². The first-order valence-corrected chi connectivity index (χ1v) is 12.7. The molecule has 1 fully saturated rings. The van der Waals surface area contributed by atoms with Crippen LogP contribution in [-0.4, -0.2) is 36.3 Å². The number of amides is 1. The van der Waals surface area contributed by atoms with Gasteiger partial charge >= 0.3 is 18.1 Å². The number of anilines is 1. The molecule has 1 saturated carbocycles. The van der Waals surface area contributed by atoms with E-state index in [0.717, 1.165) is 37.4 Å². The molecule has 5 rings (SSSR count). The number of hydrogen-bond donors (Lipinski definition) is 0. The molecule has 1 spiro atoms. The maximum absolute atomic E-state index is 13.4. The van der Waals surface area contributed by atoms with E-state index in [4.69, 9.17) is 9.47 Å². The summed E-state index contributed by atoms with van der Waals surface area (Å²) in [6.45, 7) is 1.85. The standard InChI is InChI=1S/C29H27F3N2O5/c1-3-38-26(36)21-16-34-22(14-24(21)35)20-13-23(33(2)27(37)29(30,31)32)25(39-17-18-8-5-4-6-9-18)12-19(20)15-28(34)10-7-11-28/h4-6,8-9,12-14,16H,3,7,10-11,15,17H2,1-2H3. The Hall–Kier alpha value is -4.08. The molecule has 1 aliphatic carbocycles. The number of aromatic nitrogens is 1. The zero-order chi connectivity index (χ0) is 27.9. The summed E-state index contributed by atoms with van der Waals surface area (Å²) < 4.78 is 53.2. The third-order valence-electron chi connectivity index (χ3n) is 7.47. The Bertz CT molecular complexity index is 1490. The topological polar surface area (TPSA) is 77.8 Å². The largest absolute Gasteiger partial charge is 0.487 e. The highest BCUT2D eigenvalue weighted by Crippen LogP contribution is 2.50. The molecule has 0 N–H and O–H groups in total. The first-order valence-electron chi connectivity index (χ1n) is 12.7. The molecule has 1 aromatic heterocycles. The number of carbonyl (C=O) groups is 2. The second-order valence-electron chi connectivity index (χ2n) is 9.90. The predicted octanol–water partition coefficient (Wildman–Crippen LogP) is 5.23. The predicted molar refractivity (Wildman–Crippen MR) is 138 cm³/mol. The number of halogens is 3. The van der Waals surface area contributed by atoms with E-state index >= 15 is 0 Å². The number of ether oxygens (including phenoxy) is 2. The molecule has 0 atom stereocenters. The van der Waals surface area contributed by atoms with Gasteiger partial charge in [0.25, 0.3) is 0 Å². The molecule has 3 aromatic rings. The van der Waals surface area contributed by atoms with Gasteiger partial charge in [-0.2, -0.15) is 13.2 Å². The van der Waals surface area contributed by atoms with Gasteiger partial charge in [-0.05, 0) is 55.9 Å². The quantitative estimate of drug-likeness (QED) is 0.400. The molecule has 204 valence electrons. The second kappa shape index (κ2) is 9.91. The van der Waals surface area contributed by atoms with Gasteiger partial charge in [0.1, 0.15) is 17.9 Å². The second-order valence-corrected chi connectivity index (χ2v) is 9.90. The summed E-state index contributed by atoms with van der Waals surface area (Å²) in [4.78, 5) is 38.2. The summed E-state index contributed by atoms with van der Waals surface area (Å²) >= 11 is 0. The van der Waals surface area contributed by atoms with Crippen molar-refractivity contribution in [2.24, 2.45) is 0 Å². The van der Waals surface area contributed by atoms with Gasteiger partial charge in [0, 0.05) is 30.4 Å². The molecule has 2 aromatic carbocycles. The normalized spacial score (nSPS) is 15.1. The smallest absolute Gasteiger partial charge is 0.471 e. The monoisotopic (exact) mass is 540 g/mol. The number of fused-ring (bicyclic) bond motifs is 4. The Morgan fingerprint density at radius 1 is 1.10 bits per heavy atom. The van der Waals surface area contributed by atoms with Gasteiger partial charge in [0.05, 0.1) is 18.0 Å². The van der Waals surface area contributed by atoms with Crippen LogP contribution in [0.2, 0.25) is 0 Å². The summed E-state index contributed by atoms with van der Waals surface area (Å²) in [5, 5.41) is 0. The molecule has 0 bridgehead atoms. The van der Waals surface area contributed by atoms with Gasteiger partial charge in [-0.3, -0.25) is 9.59 Å². The SMILES string of the molecule is CCOC(=O)c1cn2c(cc1=O)-c1cc(N(C)C(=O)C(F)(F)F)c(OCc3ccccc3)cc1CC21CCC1. The molecule has 1 amide bonds. The van der Waals surface area contributed by atoms with Crippen LogP contribution >= 0.6 is 0 Å². The number of carbonyl (C=O) groups excluding carboxylic acids is 2. The number of rotatable bonds is 6. The third-order valence-corrected chi connectivity index (χ3v) is 7.47. The van der Waals surface area contributed by atoms with E-state index in [2.05, 4.69) is 0 Å². The molecule has 10 heteroatoms. The van der Waals surface area contributed by atoms with Crippen LogP contribution in [0.3, 0.4) is 0 Å².